The fourth-order valence-electron chi connectivity index (χ4n) is 5.58. The number of rotatable bonds is 6. The molecule has 0 nitrogen and oxygen atoms in total. The van der Waals surface area contributed by atoms with Gasteiger partial charge in [0.25, 0.3) is 0 Å². The summed E-state index contributed by atoms with van der Waals surface area (Å²) in [6.07, 6.45) is 13.9. The van der Waals surface area contributed by atoms with Crippen LogP contribution in [0.25, 0.3) is 0 Å². The highest BCUT2D eigenvalue weighted by Gasteiger charge is 2.50. The van der Waals surface area contributed by atoms with Crippen LogP contribution < -0.4 is 0 Å². The van der Waals surface area contributed by atoms with Crippen LogP contribution in [0.3, 0.4) is 0 Å². The molecule has 0 aromatic heterocycles. The Morgan fingerprint density at radius 2 is 1.62 bits per heavy atom. The lowest BCUT2D eigenvalue weighted by atomic mass is 9.60. The Morgan fingerprint density at radius 1 is 1.00 bits per heavy atom. The number of allylic oxidation sites excluding steroid dienone is 2. The molecular weight excluding hydrogens is 312 g/mol. The first kappa shape index (κ1) is 25.7. The Hall–Kier alpha value is -0.260. The van der Waals surface area contributed by atoms with E-state index < -0.39 is 0 Å². The molecule has 26 heavy (non-hydrogen) atoms. The molecule has 0 spiro atoms. The van der Waals surface area contributed by atoms with Crippen LogP contribution in [-0.4, -0.2) is 0 Å². The lowest BCUT2D eigenvalue weighted by Crippen LogP contribution is -2.36. The minimum Gasteiger partial charge on any atom is -0.0853 e. The average molecular weight is 365 g/mol. The largest absolute Gasteiger partial charge is 0.0853 e. The summed E-state index contributed by atoms with van der Waals surface area (Å²) in [6.45, 7) is 22.7. The minimum absolute atomic E-state index is 0.611. The molecule has 0 N–H and O–H groups in total. The predicted octanol–water partition coefficient (Wildman–Crippen LogP) is 9.30. The van der Waals surface area contributed by atoms with Crippen molar-refractivity contribution in [2.45, 2.75) is 121 Å². The lowest BCUT2D eigenvalue weighted by Gasteiger charge is -2.44. The molecule has 2 rings (SSSR count). The second kappa shape index (κ2) is 13.0. The Bertz CT molecular complexity index is 377. The van der Waals surface area contributed by atoms with Crippen LogP contribution in [0.5, 0.6) is 0 Å². The Balaban J connectivity index is 0.00000146. The molecule has 0 radical (unpaired) electrons. The summed E-state index contributed by atoms with van der Waals surface area (Å²) in [4.78, 5) is 0. The third kappa shape index (κ3) is 6.42. The molecule has 0 amide bonds. The molecular formula is C26H52. The molecule has 156 valence electrons. The van der Waals surface area contributed by atoms with Gasteiger partial charge in [-0.25, -0.2) is 0 Å². The van der Waals surface area contributed by atoms with Gasteiger partial charge in [-0.15, -0.1) is 0 Å². The van der Waals surface area contributed by atoms with Gasteiger partial charge in [-0.3, -0.25) is 0 Å². The van der Waals surface area contributed by atoms with Crippen molar-refractivity contribution in [2.24, 2.45) is 35.0 Å². The van der Waals surface area contributed by atoms with E-state index >= 15 is 0 Å². The molecule has 0 saturated heterocycles. The van der Waals surface area contributed by atoms with Crippen LogP contribution in [0.1, 0.15) is 121 Å². The van der Waals surface area contributed by atoms with Gasteiger partial charge in [0.2, 0.25) is 0 Å². The maximum atomic E-state index is 2.64. The smallest absolute Gasteiger partial charge is 0.0146 e. The van der Waals surface area contributed by atoms with Gasteiger partial charge in [0.05, 0.1) is 0 Å². The van der Waals surface area contributed by atoms with Gasteiger partial charge in [-0.2, -0.15) is 0 Å². The van der Waals surface area contributed by atoms with E-state index in [1.807, 2.05) is 33.3 Å². The SMILES string of the molecule is CC.CC.CC/C=C1\CCCC2(C)C1CCC2[C@H](C)CC[C@H](C)C(C)C. The van der Waals surface area contributed by atoms with Crippen LogP contribution in [0.4, 0.5) is 0 Å². The molecule has 0 aromatic carbocycles. The highest BCUT2D eigenvalue weighted by Crippen LogP contribution is 2.59. The summed E-state index contributed by atoms with van der Waals surface area (Å²) in [6, 6.07) is 0. The van der Waals surface area contributed by atoms with E-state index in [0.29, 0.717) is 5.41 Å². The number of hydrogen-bond acceptors (Lipinski definition) is 0. The second-order valence-corrected chi connectivity index (χ2v) is 9.06. The predicted molar refractivity (Wildman–Crippen MR) is 122 cm³/mol. The molecule has 2 saturated carbocycles. The summed E-state index contributed by atoms with van der Waals surface area (Å²) < 4.78 is 0. The molecule has 2 fully saturated rings. The van der Waals surface area contributed by atoms with Crippen LogP contribution >= 0.6 is 0 Å². The summed E-state index contributed by atoms with van der Waals surface area (Å²) >= 11 is 0. The van der Waals surface area contributed by atoms with Gasteiger partial charge in [0.1, 0.15) is 0 Å². The zero-order valence-electron chi connectivity index (χ0n) is 20.1. The maximum Gasteiger partial charge on any atom is -0.0146 e. The molecule has 2 aliphatic rings. The van der Waals surface area contributed by atoms with E-state index in [1.54, 1.807) is 0 Å². The van der Waals surface area contributed by atoms with Crippen molar-refractivity contribution >= 4 is 0 Å². The third-order valence-electron chi connectivity index (χ3n) is 7.41. The molecule has 3 unspecified atom stereocenters. The standard InChI is InChI=1S/C22H40.2C2H6/c1-7-9-19-10-8-15-22(6)20(13-14-21(19)22)18(5)12-11-17(4)16(2)3;2*1-2/h9,16-18,20-21H,7-8,10-15H2,1-6H3;2*1-2H3/b19-9+;;/t17-,18+,20?,21?,22?;;/m0../s1. The van der Waals surface area contributed by atoms with Crippen LogP contribution in [0.2, 0.25) is 0 Å². The van der Waals surface area contributed by atoms with Crippen molar-refractivity contribution in [1.29, 1.82) is 0 Å². The van der Waals surface area contributed by atoms with Crippen LogP contribution in [-0.2, 0) is 0 Å². The average Bonchev–Trinajstić information content (AvgIpc) is 3.01. The van der Waals surface area contributed by atoms with Crippen LogP contribution in [0.15, 0.2) is 11.6 Å². The Labute approximate surface area is 167 Å². The number of hydrogen-bond donors (Lipinski definition) is 0. The van der Waals surface area contributed by atoms with Gasteiger partial charge in [0.15, 0.2) is 0 Å². The highest BCUT2D eigenvalue weighted by atomic mass is 14.5. The zero-order chi connectivity index (χ0) is 20.3. The van der Waals surface area contributed by atoms with E-state index in [4.69, 9.17) is 0 Å². The quantitative estimate of drug-likeness (QED) is 0.412. The second-order valence-electron chi connectivity index (χ2n) is 9.06. The molecule has 5 atom stereocenters. The van der Waals surface area contributed by atoms with Gasteiger partial charge in [-0.1, -0.05) is 93.7 Å². The fraction of sp³-hybridized carbons (Fsp3) is 0.923. The van der Waals surface area contributed by atoms with Gasteiger partial charge in [-0.05, 0) is 73.5 Å². The van der Waals surface area contributed by atoms with Gasteiger partial charge < -0.3 is 0 Å². The summed E-state index contributed by atoms with van der Waals surface area (Å²) in [5, 5.41) is 0. The topological polar surface area (TPSA) is 0 Å². The molecule has 2 aliphatic carbocycles. The summed E-state index contributed by atoms with van der Waals surface area (Å²) in [5.41, 5.74) is 2.43. The van der Waals surface area contributed by atoms with Crippen LogP contribution in [0, 0.1) is 35.0 Å². The Morgan fingerprint density at radius 3 is 2.15 bits per heavy atom. The first-order chi connectivity index (χ1) is 12.4. The van der Waals surface area contributed by atoms with Crippen molar-refractivity contribution in [3.8, 4) is 0 Å². The van der Waals surface area contributed by atoms with E-state index in [9.17, 15) is 0 Å². The van der Waals surface area contributed by atoms with Gasteiger partial charge >= 0.3 is 0 Å². The van der Waals surface area contributed by atoms with Crippen molar-refractivity contribution in [3.05, 3.63) is 11.6 Å². The molecule has 0 aromatic rings. The normalized spacial score (nSPS) is 31.4. The summed E-state index contributed by atoms with van der Waals surface area (Å²) in [5.74, 6) is 4.52. The number of fused-ring (bicyclic) bond motifs is 1. The van der Waals surface area contributed by atoms with Crippen molar-refractivity contribution < 1.29 is 0 Å². The van der Waals surface area contributed by atoms with Crippen molar-refractivity contribution in [3.63, 3.8) is 0 Å². The van der Waals surface area contributed by atoms with E-state index in [2.05, 4.69) is 47.6 Å². The summed E-state index contributed by atoms with van der Waals surface area (Å²) in [7, 11) is 0. The first-order valence-electron chi connectivity index (χ1n) is 12.1. The monoisotopic (exact) mass is 364 g/mol. The van der Waals surface area contributed by atoms with Gasteiger partial charge in [0, 0.05) is 0 Å². The fourth-order valence-corrected chi connectivity index (χ4v) is 5.58. The maximum absolute atomic E-state index is 2.64. The molecule has 0 heteroatoms. The van der Waals surface area contributed by atoms with Crippen molar-refractivity contribution in [2.75, 3.05) is 0 Å². The third-order valence-corrected chi connectivity index (χ3v) is 7.41. The Kier molecular flexibility index (Phi) is 12.9. The van der Waals surface area contributed by atoms with Crippen molar-refractivity contribution in [1.82, 2.24) is 0 Å². The van der Waals surface area contributed by atoms with E-state index in [1.165, 1.54) is 51.4 Å². The molecule has 0 heterocycles. The first-order valence-corrected chi connectivity index (χ1v) is 12.1. The molecule has 0 aliphatic heterocycles. The zero-order valence-corrected chi connectivity index (χ0v) is 20.1. The van der Waals surface area contributed by atoms with E-state index in [-0.39, 0.29) is 0 Å². The highest BCUT2D eigenvalue weighted by molar-refractivity contribution is 5.18. The molecule has 0 bridgehead atoms. The lowest BCUT2D eigenvalue weighted by molar-refractivity contribution is 0.0905. The minimum atomic E-state index is 0.611. The van der Waals surface area contributed by atoms with E-state index in [0.717, 1.165) is 29.6 Å².